The van der Waals surface area contributed by atoms with E-state index in [1.807, 2.05) is 38.1 Å². The number of aliphatic hydroxyl groups is 1. The minimum Gasteiger partial charge on any atom is -0.497 e. The van der Waals surface area contributed by atoms with Crippen LogP contribution in [-0.4, -0.2) is 30.4 Å². The van der Waals surface area contributed by atoms with Gasteiger partial charge in [-0.1, -0.05) is 26.0 Å². The normalized spacial score (nSPS) is 18.2. The number of carbonyl (C=O) groups excluding carboxylic acids is 1. The predicted octanol–water partition coefficient (Wildman–Crippen LogP) is 2.85. The van der Waals surface area contributed by atoms with E-state index in [0.29, 0.717) is 5.92 Å². The lowest BCUT2D eigenvalue weighted by Gasteiger charge is -2.28. The van der Waals surface area contributed by atoms with Crippen LogP contribution in [0.25, 0.3) is 0 Å². The first-order valence-electron chi connectivity index (χ1n) is 8.24. The second-order valence-corrected chi connectivity index (χ2v) is 6.93. The van der Waals surface area contributed by atoms with E-state index < -0.39 is 5.60 Å². The summed E-state index contributed by atoms with van der Waals surface area (Å²) >= 11 is 0. The number of carbonyl (C=O) groups is 1. The van der Waals surface area contributed by atoms with Crippen molar-refractivity contribution in [2.75, 3.05) is 13.7 Å². The average Bonchev–Trinajstić information content (AvgIpc) is 3.35. The van der Waals surface area contributed by atoms with Gasteiger partial charge in [0.15, 0.2) is 0 Å². The number of hydrogen-bond donors (Lipinski definition) is 3. The van der Waals surface area contributed by atoms with Crippen LogP contribution < -0.4 is 15.4 Å². The quantitative estimate of drug-likeness (QED) is 0.723. The molecule has 1 aromatic rings. The first kappa shape index (κ1) is 17.6. The molecule has 0 bridgehead atoms. The fourth-order valence-corrected chi connectivity index (χ4v) is 2.37. The Balaban J connectivity index is 1.95. The topological polar surface area (TPSA) is 70.6 Å². The Hall–Kier alpha value is -1.75. The third kappa shape index (κ3) is 4.86. The van der Waals surface area contributed by atoms with Crippen LogP contribution in [0.5, 0.6) is 5.75 Å². The van der Waals surface area contributed by atoms with Crippen LogP contribution in [0, 0.1) is 11.8 Å². The Morgan fingerprint density at radius 1 is 1.35 bits per heavy atom. The zero-order chi connectivity index (χ0) is 17.0. The second-order valence-electron chi connectivity index (χ2n) is 6.93. The van der Waals surface area contributed by atoms with Gasteiger partial charge in [0.05, 0.1) is 18.8 Å². The highest BCUT2D eigenvalue weighted by Crippen LogP contribution is 2.41. The molecule has 2 amide bonds. The summed E-state index contributed by atoms with van der Waals surface area (Å²) in [6.07, 6.45) is 2.25. The smallest absolute Gasteiger partial charge is 0.315 e. The molecule has 2 rings (SSSR count). The van der Waals surface area contributed by atoms with E-state index >= 15 is 0 Å². The molecule has 1 aromatic carbocycles. The second kappa shape index (κ2) is 7.21. The third-order valence-corrected chi connectivity index (χ3v) is 4.71. The SMILES string of the molecule is COc1ccc(C(NC(=O)NCC(C)(O)C(C)C)C2CC2)cc1. The number of benzene rings is 1. The molecule has 0 saturated heterocycles. The van der Waals surface area contributed by atoms with Crippen molar-refractivity contribution in [3.8, 4) is 5.75 Å². The summed E-state index contributed by atoms with van der Waals surface area (Å²) in [7, 11) is 1.64. The van der Waals surface area contributed by atoms with Gasteiger partial charge in [0.1, 0.15) is 5.75 Å². The van der Waals surface area contributed by atoms with E-state index in [-0.39, 0.29) is 24.5 Å². The molecule has 0 aromatic heterocycles. The van der Waals surface area contributed by atoms with Gasteiger partial charge >= 0.3 is 6.03 Å². The van der Waals surface area contributed by atoms with Crippen LogP contribution in [0.2, 0.25) is 0 Å². The third-order valence-electron chi connectivity index (χ3n) is 4.71. The van der Waals surface area contributed by atoms with Gasteiger partial charge in [-0.15, -0.1) is 0 Å². The maximum Gasteiger partial charge on any atom is 0.315 e. The number of ether oxygens (including phenoxy) is 1. The van der Waals surface area contributed by atoms with Gasteiger partial charge in [0.25, 0.3) is 0 Å². The van der Waals surface area contributed by atoms with E-state index in [4.69, 9.17) is 4.74 Å². The number of nitrogens with one attached hydrogen (secondary N) is 2. The molecule has 5 heteroatoms. The van der Waals surface area contributed by atoms with E-state index in [1.54, 1.807) is 14.0 Å². The zero-order valence-corrected chi connectivity index (χ0v) is 14.4. The lowest BCUT2D eigenvalue weighted by molar-refractivity contribution is 0.0165. The highest BCUT2D eigenvalue weighted by Gasteiger charge is 2.34. The van der Waals surface area contributed by atoms with Crippen LogP contribution in [0.3, 0.4) is 0 Å². The van der Waals surface area contributed by atoms with Gasteiger partial charge in [-0.05, 0) is 49.3 Å². The summed E-state index contributed by atoms with van der Waals surface area (Å²) in [6, 6.07) is 7.57. The highest BCUT2D eigenvalue weighted by atomic mass is 16.5. The van der Waals surface area contributed by atoms with Crippen molar-refractivity contribution < 1.29 is 14.6 Å². The molecule has 0 heterocycles. The summed E-state index contributed by atoms with van der Waals surface area (Å²) < 4.78 is 5.18. The molecule has 1 saturated carbocycles. The minimum absolute atomic E-state index is 0.00454. The van der Waals surface area contributed by atoms with Gasteiger partial charge in [-0.3, -0.25) is 0 Å². The molecule has 2 unspecified atom stereocenters. The number of amides is 2. The molecule has 2 atom stereocenters. The van der Waals surface area contributed by atoms with Gasteiger partial charge in [-0.25, -0.2) is 4.79 Å². The summed E-state index contributed by atoms with van der Waals surface area (Å²) in [4.78, 5) is 12.2. The first-order chi connectivity index (χ1) is 10.8. The fourth-order valence-electron chi connectivity index (χ4n) is 2.37. The van der Waals surface area contributed by atoms with E-state index in [2.05, 4.69) is 10.6 Å². The molecule has 3 N–H and O–H groups in total. The Morgan fingerprint density at radius 3 is 2.43 bits per heavy atom. The van der Waals surface area contributed by atoms with Gasteiger partial charge < -0.3 is 20.5 Å². The Morgan fingerprint density at radius 2 is 1.96 bits per heavy atom. The summed E-state index contributed by atoms with van der Waals surface area (Å²) in [5.41, 5.74) is 0.172. The minimum atomic E-state index is -0.910. The Kier molecular flexibility index (Phi) is 5.52. The number of rotatable bonds is 7. The van der Waals surface area contributed by atoms with Crippen LogP contribution in [-0.2, 0) is 0 Å². The summed E-state index contributed by atoms with van der Waals surface area (Å²) in [5.74, 6) is 1.36. The molecule has 1 fully saturated rings. The highest BCUT2D eigenvalue weighted by molar-refractivity contribution is 5.74. The van der Waals surface area contributed by atoms with Crippen LogP contribution >= 0.6 is 0 Å². The van der Waals surface area contributed by atoms with Crippen LogP contribution in [0.15, 0.2) is 24.3 Å². The predicted molar refractivity (Wildman–Crippen MR) is 90.5 cm³/mol. The lowest BCUT2D eigenvalue weighted by atomic mass is 9.93. The van der Waals surface area contributed by atoms with Crippen LogP contribution in [0.4, 0.5) is 4.79 Å². The van der Waals surface area contributed by atoms with E-state index in [0.717, 1.165) is 24.2 Å². The largest absolute Gasteiger partial charge is 0.497 e. The van der Waals surface area contributed by atoms with Crippen molar-refractivity contribution in [1.29, 1.82) is 0 Å². The monoisotopic (exact) mass is 320 g/mol. The van der Waals surface area contributed by atoms with Crippen molar-refractivity contribution in [1.82, 2.24) is 10.6 Å². The molecule has 1 aliphatic rings. The standard InChI is InChI=1S/C18H28N2O3/c1-12(2)18(3,22)11-19-17(21)20-16(13-5-6-13)14-7-9-15(23-4)10-8-14/h7-10,12-13,16,22H,5-6,11H2,1-4H3,(H2,19,20,21). The number of hydrogen-bond acceptors (Lipinski definition) is 3. The molecular formula is C18H28N2O3. The van der Waals surface area contributed by atoms with Crippen molar-refractivity contribution in [2.45, 2.75) is 45.3 Å². The van der Waals surface area contributed by atoms with Crippen molar-refractivity contribution in [3.05, 3.63) is 29.8 Å². The van der Waals surface area contributed by atoms with E-state index in [1.165, 1.54) is 0 Å². The number of urea groups is 1. The molecule has 23 heavy (non-hydrogen) atoms. The molecule has 128 valence electrons. The van der Waals surface area contributed by atoms with E-state index in [9.17, 15) is 9.90 Å². The molecule has 0 radical (unpaired) electrons. The van der Waals surface area contributed by atoms with Crippen molar-refractivity contribution in [2.24, 2.45) is 11.8 Å². The summed E-state index contributed by atoms with van der Waals surface area (Å²) in [5, 5.41) is 16.0. The molecule has 0 aliphatic heterocycles. The Labute approximate surface area is 138 Å². The molecule has 5 nitrogen and oxygen atoms in total. The molecular weight excluding hydrogens is 292 g/mol. The Bertz CT molecular complexity index is 522. The van der Waals surface area contributed by atoms with Gasteiger partial charge in [0, 0.05) is 6.54 Å². The van der Waals surface area contributed by atoms with Crippen molar-refractivity contribution >= 4 is 6.03 Å². The lowest BCUT2D eigenvalue weighted by Crippen LogP contribution is -2.48. The van der Waals surface area contributed by atoms with Gasteiger partial charge in [0.2, 0.25) is 0 Å². The van der Waals surface area contributed by atoms with Crippen LogP contribution in [0.1, 0.15) is 45.2 Å². The molecule has 0 spiro atoms. The maximum absolute atomic E-state index is 12.2. The number of methoxy groups -OCH3 is 1. The fraction of sp³-hybridized carbons (Fsp3) is 0.611. The zero-order valence-electron chi connectivity index (χ0n) is 14.4. The maximum atomic E-state index is 12.2. The summed E-state index contributed by atoms with van der Waals surface area (Å²) in [6.45, 7) is 5.84. The van der Waals surface area contributed by atoms with Gasteiger partial charge in [-0.2, -0.15) is 0 Å². The average molecular weight is 320 g/mol. The molecule has 1 aliphatic carbocycles. The first-order valence-corrected chi connectivity index (χ1v) is 8.24. The van der Waals surface area contributed by atoms with Crippen molar-refractivity contribution in [3.63, 3.8) is 0 Å².